The van der Waals surface area contributed by atoms with Crippen LogP contribution in [-0.2, 0) is 11.6 Å². The van der Waals surface area contributed by atoms with E-state index in [9.17, 15) is 5.11 Å². The smallest absolute Gasteiger partial charge is 0.0769 e. The van der Waals surface area contributed by atoms with Gasteiger partial charge in [0.1, 0.15) is 0 Å². The zero-order valence-corrected chi connectivity index (χ0v) is 9.06. The third kappa shape index (κ3) is 1.26. The predicted octanol–water partition coefficient (Wildman–Crippen LogP) is 1.71. The molecule has 1 aromatic carbocycles. The molecule has 1 aliphatic carbocycles. The van der Waals surface area contributed by atoms with Crippen LogP contribution < -0.4 is 0 Å². The lowest BCUT2D eigenvalue weighted by atomic mass is 10.1. The van der Waals surface area contributed by atoms with Crippen LogP contribution in [0.5, 0.6) is 0 Å². The molecule has 1 atom stereocenters. The van der Waals surface area contributed by atoms with E-state index in [1.54, 1.807) is 0 Å². The maximum absolute atomic E-state index is 9.84. The molecular formula is C9H8BrOSi. The zero-order valence-electron chi connectivity index (χ0n) is 6.47. The molecule has 0 spiro atoms. The van der Waals surface area contributed by atoms with Crippen molar-refractivity contribution in [2.45, 2.75) is 18.1 Å². The first-order valence-corrected chi connectivity index (χ1v) is 5.15. The normalized spacial score (nSPS) is 27.2. The molecule has 0 unspecified atom stereocenters. The minimum atomic E-state index is -0.796. The van der Waals surface area contributed by atoms with Gasteiger partial charge in [0.05, 0.1) is 15.5 Å². The molecule has 0 amide bonds. The molecule has 0 aromatic heterocycles. The Morgan fingerprint density at radius 3 is 3.00 bits per heavy atom. The van der Waals surface area contributed by atoms with Crippen molar-refractivity contribution in [3.63, 3.8) is 0 Å². The maximum atomic E-state index is 9.84. The van der Waals surface area contributed by atoms with Gasteiger partial charge in [-0.2, -0.15) is 0 Å². The van der Waals surface area contributed by atoms with Crippen molar-refractivity contribution in [1.82, 2.24) is 0 Å². The number of aryl methyl sites for hydroxylation is 1. The summed E-state index contributed by atoms with van der Waals surface area (Å²) in [6, 6.07) is 5.97. The number of hydrogen-bond acceptors (Lipinski definition) is 1. The van der Waals surface area contributed by atoms with Gasteiger partial charge in [-0.15, -0.1) is 0 Å². The molecule has 12 heavy (non-hydrogen) atoms. The Balaban J connectivity index is 2.55. The Hall–Kier alpha value is -0.123. The third-order valence-electron chi connectivity index (χ3n) is 2.27. The summed E-state index contributed by atoms with van der Waals surface area (Å²) in [5, 5.41) is 9.04. The lowest BCUT2D eigenvalue weighted by Crippen LogP contribution is -2.21. The summed E-state index contributed by atoms with van der Waals surface area (Å²) in [6.45, 7) is 0. The second-order valence-corrected chi connectivity index (χ2v) is 4.90. The molecule has 1 N–H and O–H groups in total. The lowest BCUT2D eigenvalue weighted by Gasteiger charge is -2.16. The summed E-state index contributed by atoms with van der Waals surface area (Å²) in [4.78, 5) is 0. The molecule has 0 bridgehead atoms. The summed E-state index contributed by atoms with van der Waals surface area (Å²) in [5.41, 5.74) is 2.23. The molecule has 1 nitrogen and oxygen atoms in total. The Morgan fingerprint density at radius 2 is 2.25 bits per heavy atom. The number of halogens is 1. The summed E-state index contributed by atoms with van der Waals surface area (Å²) < 4.78 is 1.07. The summed E-state index contributed by atoms with van der Waals surface area (Å²) in [7, 11) is 3.36. The van der Waals surface area contributed by atoms with Crippen LogP contribution in [0.2, 0.25) is 0 Å². The van der Waals surface area contributed by atoms with E-state index in [4.69, 9.17) is 0 Å². The molecule has 0 aliphatic heterocycles. The molecule has 3 heteroatoms. The molecule has 0 fully saturated rings. The predicted molar refractivity (Wildman–Crippen MR) is 52.1 cm³/mol. The molecule has 2 rings (SSSR count). The van der Waals surface area contributed by atoms with Crippen LogP contribution in [0, 0.1) is 0 Å². The van der Waals surface area contributed by atoms with Gasteiger partial charge in [-0.25, -0.2) is 0 Å². The average molecular weight is 240 g/mol. The van der Waals surface area contributed by atoms with Gasteiger partial charge in [0.15, 0.2) is 0 Å². The van der Waals surface area contributed by atoms with E-state index in [0.29, 0.717) is 0 Å². The van der Waals surface area contributed by atoms with Crippen molar-refractivity contribution < 1.29 is 5.11 Å². The van der Waals surface area contributed by atoms with Crippen molar-refractivity contribution in [2.24, 2.45) is 0 Å². The Morgan fingerprint density at radius 1 is 1.50 bits per heavy atom. The maximum Gasteiger partial charge on any atom is 0.0769 e. The fourth-order valence-corrected chi connectivity index (χ4v) is 2.40. The van der Waals surface area contributed by atoms with Crippen LogP contribution in [-0.4, -0.2) is 15.3 Å². The first-order valence-electron chi connectivity index (χ1n) is 3.86. The first-order chi connectivity index (χ1) is 5.59. The van der Waals surface area contributed by atoms with E-state index in [0.717, 1.165) is 22.9 Å². The van der Waals surface area contributed by atoms with Crippen molar-refractivity contribution in [3.05, 3.63) is 33.8 Å². The van der Waals surface area contributed by atoms with Gasteiger partial charge >= 0.3 is 0 Å². The number of fused-ring (bicyclic) bond motifs is 1. The van der Waals surface area contributed by atoms with Crippen LogP contribution in [0.25, 0.3) is 0 Å². The van der Waals surface area contributed by atoms with Gasteiger partial charge in [-0.05, 0) is 36.1 Å². The lowest BCUT2D eigenvalue weighted by molar-refractivity contribution is 0.130. The van der Waals surface area contributed by atoms with E-state index in [1.165, 1.54) is 5.56 Å². The molecular weight excluding hydrogens is 232 g/mol. The van der Waals surface area contributed by atoms with E-state index < -0.39 is 5.22 Å². The topological polar surface area (TPSA) is 20.2 Å². The zero-order chi connectivity index (χ0) is 8.77. The molecule has 0 saturated carbocycles. The van der Waals surface area contributed by atoms with Gasteiger partial charge in [0.25, 0.3) is 0 Å². The van der Waals surface area contributed by atoms with E-state index in [-0.39, 0.29) is 0 Å². The highest BCUT2D eigenvalue weighted by molar-refractivity contribution is 9.10. The highest BCUT2D eigenvalue weighted by atomic mass is 79.9. The molecule has 61 valence electrons. The first kappa shape index (κ1) is 8.47. The fraction of sp³-hybridized carbons (Fsp3) is 0.333. The summed E-state index contributed by atoms with van der Waals surface area (Å²) in [5.74, 6) is 0. The van der Waals surface area contributed by atoms with Crippen LogP contribution in [0.1, 0.15) is 17.5 Å². The van der Waals surface area contributed by atoms with E-state index >= 15 is 0 Å². The standard InChI is InChI=1S/C9H8BrOSi/c10-7-1-2-8-6(5-7)3-4-9(8,11)12/h1-2,5,11H,3-4H2/t9-/m1/s1. The van der Waals surface area contributed by atoms with Gasteiger partial charge in [0, 0.05) is 4.47 Å². The number of hydrogen-bond donors (Lipinski definition) is 1. The van der Waals surface area contributed by atoms with Gasteiger partial charge in [0.2, 0.25) is 0 Å². The molecule has 0 saturated heterocycles. The van der Waals surface area contributed by atoms with Crippen LogP contribution in [0.3, 0.4) is 0 Å². The van der Waals surface area contributed by atoms with Crippen LogP contribution in [0.4, 0.5) is 0 Å². The van der Waals surface area contributed by atoms with Crippen LogP contribution >= 0.6 is 15.9 Å². The second-order valence-electron chi connectivity index (χ2n) is 3.16. The van der Waals surface area contributed by atoms with Gasteiger partial charge < -0.3 is 5.11 Å². The monoisotopic (exact) mass is 239 g/mol. The van der Waals surface area contributed by atoms with E-state index in [1.807, 2.05) is 12.1 Å². The Labute approximate surface area is 83.4 Å². The van der Waals surface area contributed by atoms with Gasteiger partial charge in [-0.1, -0.05) is 22.0 Å². The quantitative estimate of drug-likeness (QED) is 0.684. The molecule has 3 radical (unpaired) electrons. The molecule has 1 aliphatic rings. The van der Waals surface area contributed by atoms with Crippen molar-refractivity contribution in [2.75, 3.05) is 0 Å². The number of benzene rings is 1. The van der Waals surface area contributed by atoms with Crippen molar-refractivity contribution >= 4 is 26.2 Å². The minimum Gasteiger partial charge on any atom is -0.390 e. The average Bonchev–Trinajstić information content (AvgIpc) is 2.27. The molecule has 1 aromatic rings. The summed E-state index contributed by atoms with van der Waals surface area (Å²) >= 11 is 3.40. The minimum absolute atomic E-state index is 0.760. The van der Waals surface area contributed by atoms with Gasteiger partial charge in [-0.3, -0.25) is 0 Å². The third-order valence-corrected chi connectivity index (χ3v) is 3.28. The highest BCUT2D eigenvalue weighted by Crippen LogP contribution is 2.35. The summed E-state index contributed by atoms with van der Waals surface area (Å²) in [6.07, 6.45) is 1.70. The van der Waals surface area contributed by atoms with E-state index in [2.05, 4.69) is 32.2 Å². The fourth-order valence-electron chi connectivity index (χ4n) is 1.62. The highest BCUT2D eigenvalue weighted by Gasteiger charge is 2.31. The Kier molecular flexibility index (Phi) is 1.90. The SMILES string of the molecule is O[C@@]1([Si])CCc2cc(Br)ccc21. The molecule has 0 heterocycles. The largest absolute Gasteiger partial charge is 0.390 e. The van der Waals surface area contributed by atoms with Crippen LogP contribution in [0.15, 0.2) is 22.7 Å². The number of rotatable bonds is 0. The second kappa shape index (κ2) is 2.69. The van der Waals surface area contributed by atoms with Crippen molar-refractivity contribution in [1.29, 1.82) is 0 Å². The number of aliphatic hydroxyl groups is 1. The Bertz CT molecular complexity index is 322. The van der Waals surface area contributed by atoms with Crippen molar-refractivity contribution in [3.8, 4) is 0 Å².